The van der Waals surface area contributed by atoms with Crippen molar-refractivity contribution in [2.24, 2.45) is 10.9 Å². The van der Waals surface area contributed by atoms with Crippen molar-refractivity contribution in [3.05, 3.63) is 48.2 Å². The number of hydrogen-bond donors (Lipinski definition) is 2. The van der Waals surface area contributed by atoms with Gasteiger partial charge in [-0.05, 0) is 31.5 Å². The fourth-order valence-corrected chi connectivity index (χ4v) is 4.95. The van der Waals surface area contributed by atoms with Crippen LogP contribution in [0.5, 0.6) is 5.75 Å². The highest BCUT2D eigenvalue weighted by Crippen LogP contribution is 2.43. The van der Waals surface area contributed by atoms with Crippen LogP contribution in [0.25, 0.3) is 0 Å². The molecule has 156 valence electrons. The van der Waals surface area contributed by atoms with Gasteiger partial charge in [0.05, 0.1) is 25.1 Å². The minimum absolute atomic E-state index is 0.00772. The Labute approximate surface area is 173 Å². The van der Waals surface area contributed by atoms with Crippen LogP contribution in [0.4, 0.5) is 5.82 Å². The standard InChI is InChI=1S/C21H29N4O3P/c1-4-24-29(28-18-8-6-5-7-9-18)27-16(3)19-12-15(2)21(26-19)25-11-10-17-13-22-14-23-20(17)25/h5-11,14-16,19,21,24H,4,12-13H2,1-3H3,(H,22,23). The van der Waals surface area contributed by atoms with Crippen LogP contribution < -0.4 is 14.9 Å². The Morgan fingerprint density at radius 2 is 2.17 bits per heavy atom. The summed E-state index contributed by atoms with van der Waals surface area (Å²) in [5.74, 6) is 2.26. The Morgan fingerprint density at radius 3 is 2.97 bits per heavy atom. The number of ether oxygens (including phenoxy) is 1. The lowest BCUT2D eigenvalue weighted by molar-refractivity contribution is -0.0503. The molecule has 5 atom stereocenters. The van der Waals surface area contributed by atoms with Crippen molar-refractivity contribution in [2.45, 2.75) is 52.2 Å². The van der Waals surface area contributed by atoms with Crippen LogP contribution in [0.2, 0.25) is 0 Å². The van der Waals surface area contributed by atoms with E-state index in [1.165, 1.54) is 5.56 Å². The number of benzene rings is 1. The van der Waals surface area contributed by atoms with Gasteiger partial charge in [0.25, 0.3) is 0 Å². The van der Waals surface area contributed by atoms with Gasteiger partial charge < -0.3 is 23.7 Å². The molecule has 0 amide bonds. The van der Waals surface area contributed by atoms with Crippen molar-refractivity contribution < 1.29 is 13.8 Å². The third kappa shape index (κ3) is 4.64. The Balaban J connectivity index is 1.40. The lowest BCUT2D eigenvalue weighted by atomic mass is 10.0. The molecule has 1 fully saturated rings. The minimum atomic E-state index is -1.24. The zero-order valence-corrected chi connectivity index (χ0v) is 18.0. The van der Waals surface area contributed by atoms with E-state index in [1.807, 2.05) is 37.3 Å². The first kappa shape index (κ1) is 20.4. The molecule has 0 saturated carbocycles. The van der Waals surface area contributed by atoms with Crippen LogP contribution in [0.15, 0.2) is 47.6 Å². The first-order valence-corrected chi connectivity index (χ1v) is 11.4. The summed E-state index contributed by atoms with van der Waals surface area (Å²) >= 11 is 0. The van der Waals surface area contributed by atoms with E-state index in [-0.39, 0.29) is 18.4 Å². The number of hydrogen-bond acceptors (Lipinski definition) is 6. The molecule has 1 saturated heterocycles. The number of nitrogens with zero attached hydrogens (tertiary/aromatic N) is 2. The van der Waals surface area contributed by atoms with E-state index in [9.17, 15) is 0 Å². The molecule has 1 aromatic carbocycles. The van der Waals surface area contributed by atoms with Gasteiger partial charge in [0.2, 0.25) is 0 Å². The Kier molecular flexibility index (Phi) is 6.50. The van der Waals surface area contributed by atoms with Gasteiger partial charge in [-0.2, -0.15) is 0 Å². The van der Waals surface area contributed by atoms with Crippen molar-refractivity contribution in [2.75, 3.05) is 11.9 Å². The van der Waals surface area contributed by atoms with Crippen molar-refractivity contribution in [3.8, 4) is 5.75 Å². The van der Waals surface area contributed by atoms with Crippen LogP contribution >= 0.6 is 8.53 Å². The molecule has 29 heavy (non-hydrogen) atoms. The van der Waals surface area contributed by atoms with Gasteiger partial charge in [-0.3, -0.25) is 4.99 Å². The average molecular weight is 416 g/mol. The fourth-order valence-electron chi connectivity index (χ4n) is 3.76. The summed E-state index contributed by atoms with van der Waals surface area (Å²) in [6.45, 7) is 7.83. The highest BCUT2D eigenvalue weighted by Gasteiger charge is 2.39. The van der Waals surface area contributed by atoms with E-state index in [0.717, 1.165) is 24.5 Å². The summed E-state index contributed by atoms with van der Waals surface area (Å²) < 4.78 is 20.9. The van der Waals surface area contributed by atoms with Crippen LogP contribution in [-0.4, -0.2) is 29.7 Å². The van der Waals surface area contributed by atoms with E-state index in [4.69, 9.17) is 13.8 Å². The predicted molar refractivity (Wildman–Crippen MR) is 116 cm³/mol. The molecular weight excluding hydrogens is 387 g/mol. The summed E-state index contributed by atoms with van der Waals surface area (Å²) in [4.78, 5) is 4.28. The molecule has 7 nitrogen and oxygen atoms in total. The average Bonchev–Trinajstić information content (AvgIpc) is 3.32. The third-order valence-electron chi connectivity index (χ3n) is 5.24. The van der Waals surface area contributed by atoms with E-state index in [2.05, 4.69) is 46.1 Å². The lowest BCUT2D eigenvalue weighted by Gasteiger charge is -2.26. The molecule has 5 unspecified atom stereocenters. The summed E-state index contributed by atoms with van der Waals surface area (Å²) in [6, 6.07) is 11.9. The molecule has 3 heterocycles. The Bertz CT molecular complexity index is 829. The molecule has 2 N–H and O–H groups in total. The second-order valence-corrected chi connectivity index (χ2v) is 8.70. The number of para-hydroxylation sites is 1. The van der Waals surface area contributed by atoms with E-state index in [1.54, 1.807) is 6.34 Å². The molecule has 0 spiro atoms. The van der Waals surface area contributed by atoms with Gasteiger partial charge in [0.1, 0.15) is 17.8 Å². The second kappa shape index (κ2) is 9.26. The second-order valence-electron chi connectivity index (χ2n) is 7.47. The number of nitrogens with one attached hydrogen (secondary N) is 2. The molecule has 0 bridgehead atoms. The van der Waals surface area contributed by atoms with Crippen LogP contribution in [0.3, 0.4) is 0 Å². The quantitative estimate of drug-likeness (QED) is 0.611. The number of fused-ring (bicyclic) bond motifs is 1. The maximum atomic E-state index is 6.46. The van der Waals surface area contributed by atoms with E-state index in [0.29, 0.717) is 12.5 Å². The first-order valence-electron chi connectivity index (χ1n) is 10.2. The van der Waals surface area contributed by atoms with Gasteiger partial charge in [-0.1, -0.05) is 32.0 Å². The molecule has 8 heteroatoms. The van der Waals surface area contributed by atoms with Gasteiger partial charge in [0.15, 0.2) is 0 Å². The van der Waals surface area contributed by atoms with E-state index >= 15 is 0 Å². The molecule has 1 aromatic heterocycles. The summed E-state index contributed by atoms with van der Waals surface area (Å²) in [5.41, 5.74) is 1.20. The number of aliphatic imine (C=N–C) groups is 1. The number of rotatable bonds is 8. The minimum Gasteiger partial charge on any atom is -0.436 e. The first-order chi connectivity index (χ1) is 14.2. The highest BCUT2D eigenvalue weighted by atomic mass is 31.2. The number of aromatic nitrogens is 1. The van der Waals surface area contributed by atoms with Gasteiger partial charge in [0, 0.05) is 24.2 Å². The molecule has 0 radical (unpaired) electrons. The smallest absolute Gasteiger partial charge is 0.318 e. The molecule has 2 aliphatic heterocycles. The zero-order valence-electron chi connectivity index (χ0n) is 17.1. The maximum Gasteiger partial charge on any atom is 0.318 e. The van der Waals surface area contributed by atoms with Crippen molar-refractivity contribution in [1.82, 2.24) is 9.65 Å². The van der Waals surface area contributed by atoms with Crippen molar-refractivity contribution in [1.29, 1.82) is 0 Å². The predicted octanol–water partition coefficient (Wildman–Crippen LogP) is 4.69. The summed E-state index contributed by atoms with van der Waals surface area (Å²) in [6.07, 6.45) is 4.69. The monoisotopic (exact) mass is 416 g/mol. The van der Waals surface area contributed by atoms with Crippen LogP contribution in [-0.2, 0) is 15.8 Å². The van der Waals surface area contributed by atoms with Crippen molar-refractivity contribution >= 4 is 20.7 Å². The van der Waals surface area contributed by atoms with Crippen LogP contribution in [0.1, 0.15) is 39.0 Å². The Hall–Kier alpha value is -1.92. The largest absolute Gasteiger partial charge is 0.436 e. The summed E-state index contributed by atoms with van der Waals surface area (Å²) in [5, 5.41) is 6.57. The number of anilines is 1. The van der Waals surface area contributed by atoms with Gasteiger partial charge >= 0.3 is 8.53 Å². The topological polar surface area (TPSA) is 69.0 Å². The van der Waals surface area contributed by atoms with Crippen molar-refractivity contribution in [3.63, 3.8) is 0 Å². The van der Waals surface area contributed by atoms with Gasteiger partial charge in [-0.25, -0.2) is 5.09 Å². The van der Waals surface area contributed by atoms with Gasteiger partial charge in [-0.15, -0.1) is 0 Å². The maximum absolute atomic E-state index is 6.46. The normalized spacial score (nSPS) is 25.3. The molecule has 0 aliphatic carbocycles. The third-order valence-corrected chi connectivity index (χ3v) is 6.71. The molecule has 2 aliphatic rings. The fraction of sp³-hybridized carbons (Fsp3) is 0.476. The van der Waals surface area contributed by atoms with Crippen LogP contribution in [0, 0.1) is 5.92 Å². The molecule has 2 aromatic rings. The molecular formula is C21H29N4O3P. The zero-order chi connectivity index (χ0) is 20.2. The molecule has 4 rings (SSSR count). The Morgan fingerprint density at radius 1 is 1.34 bits per heavy atom. The SMILES string of the molecule is CCNP(Oc1ccccc1)OC(C)C1CC(C)C(n2ccc3c2NC=NC3)O1. The summed E-state index contributed by atoms with van der Waals surface area (Å²) in [7, 11) is -1.24. The van der Waals surface area contributed by atoms with E-state index < -0.39 is 8.53 Å². The lowest BCUT2D eigenvalue weighted by Crippen LogP contribution is -2.27. The highest BCUT2D eigenvalue weighted by molar-refractivity contribution is 7.45.